The molecule has 0 spiro atoms. The zero-order chi connectivity index (χ0) is 18.9. The molecular formula is C22H17N5O. The number of pyridine rings is 3. The molecule has 6 heteroatoms. The van der Waals surface area contributed by atoms with Gasteiger partial charge in [0.1, 0.15) is 11.5 Å². The normalized spacial score (nSPS) is 11.1. The van der Waals surface area contributed by atoms with Crippen molar-refractivity contribution in [3.05, 3.63) is 89.1 Å². The quantitative estimate of drug-likeness (QED) is 0.447. The number of nitrogens with zero attached hydrogens (tertiary/aromatic N) is 2. The van der Waals surface area contributed by atoms with E-state index in [1.54, 1.807) is 6.20 Å². The van der Waals surface area contributed by atoms with E-state index in [0.29, 0.717) is 17.9 Å². The van der Waals surface area contributed by atoms with Crippen molar-refractivity contribution in [2.24, 2.45) is 0 Å². The molecule has 0 saturated heterocycles. The first-order valence-corrected chi connectivity index (χ1v) is 9.01. The minimum absolute atomic E-state index is 0.120. The summed E-state index contributed by atoms with van der Waals surface area (Å²) in [6, 6.07) is 17.5. The molecule has 0 aliphatic heterocycles. The van der Waals surface area contributed by atoms with Gasteiger partial charge in [-0.25, -0.2) is 4.98 Å². The number of aromatic amines is 2. The van der Waals surface area contributed by atoms with Crippen LogP contribution in [0.5, 0.6) is 0 Å². The predicted octanol–water partition coefficient (Wildman–Crippen LogP) is 4.08. The summed E-state index contributed by atoms with van der Waals surface area (Å²) in [4.78, 5) is 27.7. The smallest absolute Gasteiger partial charge is 0.256 e. The maximum atomic E-state index is 12.8. The molecule has 4 heterocycles. The highest BCUT2D eigenvalue weighted by Gasteiger charge is 2.13. The van der Waals surface area contributed by atoms with Gasteiger partial charge in [0.15, 0.2) is 0 Å². The van der Waals surface area contributed by atoms with Crippen LogP contribution in [0.2, 0.25) is 0 Å². The van der Waals surface area contributed by atoms with E-state index in [2.05, 4.69) is 25.3 Å². The Bertz CT molecular complexity index is 1340. The van der Waals surface area contributed by atoms with Crippen LogP contribution in [0.15, 0.2) is 78.0 Å². The monoisotopic (exact) mass is 367 g/mol. The third kappa shape index (κ3) is 2.91. The highest BCUT2D eigenvalue weighted by Crippen LogP contribution is 2.29. The molecule has 0 radical (unpaired) electrons. The van der Waals surface area contributed by atoms with Crippen LogP contribution in [0.3, 0.4) is 0 Å². The number of aromatic nitrogens is 4. The van der Waals surface area contributed by atoms with E-state index in [4.69, 9.17) is 0 Å². The maximum Gasteiger partial charge on any atom is 0.256 e. The van der Waals surface area contributed by atoms with E-state index >= 15 is 0 Å². The Morgan fingerprint density at radius 2 is 1.93 bits per heavy atom. The van der Waals surface area contributed by atoms with Crippen molar-refractivity contribution in [3.8, 4) is 11.1 Å². The van der Waals surface area contributed by atoms with Crippen molar-refractivity contribution < 1.29 is 0 Å². The molecule has 0 atom stereocenters. The predicted molar refractivity (Wildman–Crippen MR) is 111 cm³/mol. The fourth-order valence-corrected chi connectivity index (χ4v) is 3.39. The zero-order valence-corrected chi connectivity index (χ0v) is 14.9. The van der Waals surface area contributed by atoms with Crippen LogP contribution < -0.4 is 10.9 Å². The van der Waals surface area contributed by atoms with E-state index in [9.17, 15) is 4.79 Å². The van der Waals surface area contributed by atoms with Crippen LogP contribution in [0.4, 0.5) is 5.82 Å². The third-order valence-electron chi connectivity index (χ3n) is 4.77. The van der Waals surface area contributed by atoms with Crippen molar-refractivity contribution in [1.29, 1.82) is 0 Å². The molecule has 5 aromatic rings. The second-order valence-electron chi connectivity index (χ2n) is 6.61. The lowest BCUT2D eigenvalue weighted by Gasteiger charge is -2.10. The topological polar surface area (TPSA) is 86.5 Å². The first-order chi connectivity index (χ1) is 13.8. The SMILES string of the molecule is O=c1[nH]c2ccccc2cc1-c1cc(NCc2cccnc2)nc2[nH]ccc12. The number of rotatable bonds is 4. The van der Waals surface area contributed by atoms with Gasteiger partial charge in [0.05, 0.1) is 0 Å². The fourth-order valence-electron chi connectivity index (χ4n) is 3.39. The van der Waals surface area contributed by atoms with Crippen LogP contribution in [-0.4, -0.2) is 19.9 Å². The van der Waals surface area contributed by atoms with Gasteiger partial charge in [0.2, 0.25) is 0 Å². The number of nitrogens with one attached hydrogen (secondary N) is 3. The first-order valence-electron chi connectivity index (χ1n) is 9.01. The van der Waals surface area contributed by atoms with Crippen LogP contribution in [0.25, 0.3) is 33.1 Å². The lowest BCUT2D eigenvalue weighted by atomic mass is 10.0. The van der Waals surface area contributed by atoms with Gasteiger partial charge >= 0.3 is 0 Å². The molecule has 3 N–H and O–H groups in total. The van der Waals surface area contributed by atoms with E-state index < -0.39 is 0 Å². The van der Waals surface area contributed by atoms with Gasteiger partial charge in [0.25, 0.3) is 5.56 Å². The molecule has 0 unspecified atom stereocenters. The number of fused-ring (bicyclic) bond motifs is 2. The minimum Gasteiger partial charge on any atom is -0.366 e. The summed E-state index contributed by atoms with van der Waals surface area (Å²) < 4.78 is 0. The summed E-state index contributed by atoms with van der Waals surface area (Å²) in [7, 11) is 0. The molecule has 0 amide bonds. The minimum atomic E-state index is -0.120. The lowest BCUT2D eigenvalue weighted by Crippen LogP contribution is -2.09. The Hall–Kier alpha value is -3.93. The molecule has 5 rings (SSSR count). The molecular weight excluding hydrogens is 350 g/mol. The largest absolute Gasteiger partial charge is 0.366 e. The van der Waals surface area contributed by atoms with E-state index in [1.807, 2.05) is 67.0 Å². The van der Waals surface area contributed by atoms with Gasteiger partial charge in [0, 0.05) is 47.2 Å². The van der Waals surface area contributed by atoms with E-state index in [-0.39, 0.29) is 5.56 Å². The van der Waals surface area contributed by atoms with Gasteiger partial charge < -0.3 is 15.3 Å². The summed E-state index contributed by atoms with van der Waals surface area (Å²) in [5, 5.41) is 5.22. The van der Waals surface area contributed by atoms with Crippen molar-refractivity contribution in [3.63, 3.8) is 0 Å². The number of hydrogen-bond acceptors (Lipinski definition) is 4. The molecule has 0 aliphatic rings. The lowest BCUT2D eigenvalue weighted by molar-refractivity contribution is 1.09. The van der Waals surface area contributed by atoms with Crippen molar-refractivity contribution in [1.82, 2.24) is 19.9 Å². The average Bonchev–Trinajstić information content (AvgIpc) is 3.21. The fraction of sp³-hybridized carbons (Fsp3) is 0.0455. The second-order valence-corrected chi connectivity index (χ2v) is 6.61. The standard InChI is InChI=1S/C22H17N5O/c28-22-18(10-15-5-1-2-6-19(15)26-22)17-11-20(27-21-16(17)7-9-24-21)25-13-14-4-3-8-23-12-14/h1-12H,13H2,(H,26,28)(H2,24,25,27). The Balaban J connectivity index is 1.62. The van der Waals surface area contributed by atoms with Crippen molar-refractivity contribution in [2.45, 2.75) is 6.54 Å². The Morgan fingerprint density at radius 1 is 1.00 bits per heavy atom. The van der Waals surface area contributed by atoms with Crippen molar-refractivity contribution >= 4 is 27.8 Å². The molecule has 136 valence electrons. The average molecular weight is 367 g/mol. The number of para-hydroxylation sites is 1. The molecule has 4 aromatic heterocycles. The van der Waals surface area contributed by atoms with Crippen LogP contribution in [0.1, 0.15) is 5.56 Å². The second kappa shape index (κ2) is 6.66. The first kappa shape index (κ1) is 16.3. The molecule has 0 fully saturated rings. The summed E-state index contributed by atoms with van der Waals surface area (Å²) in [5.41, 5.74) is 3.96. The number of benzene rings is 1. The molecule has 0 aliphatic carbocycles. The zero-order valence-electron chi connectivity index (χ0n) is 14.9. The highest BCUT2D eigenvalue weighted by molar-refractivity contribution is 5.96. The van der Waals surface area contributed by atoms with Gasteiger partial charge in [-0.15, -0.1) is 0 Å². The summed E-state index contributed by atoms with van der Waals surface area (Å²) in [5.74, 6) is 0.696. The third-order valence-corrected chi connectivity index (χ3v) is 4.77. The molecule has 6 nitrogen and oxygen atoms in total. The molecule has 0 saturated carbocycles. The Morgan fingerprint density at radius 3 is 2.82 bits per heavy atom. The van der Waals surface area contributed by atoms with Gasteiger partial charge in [-0.3, -0.25) is 9.78 Å². The van der Waals surface area contributed by atoms with E-state index in [0.717, 1.165) is 33.1 Å². The van der Waals surface area contributed by atoms with Gasteiger partial charge in [-0.05, 0) is 41.3 Å². The summed E-state index contributed by atoms with van der Waals surface area (Å²) in [6.45, 7) is 0.598. The number of hydrogen-bond donors (Lipinski definition) is 3. The van der Waals surface area contributed by atoms with E-state index in [1.165, 1.54) is 0 Å². The van der Waals surface area contributed by atoms with Gasteiger partial charge in [-0.2, -0.15) is 0 Å². The van der Waals surface area contributed by atoms with Crippen LogP contribution in [0, 0.1) is 0 Å². The van der Waals surface area contributed by atoms with Crippen molar-refractivity contribution in [2.75, 3.05) is 5.32 Å². The summed E-state index contributed by atoms with van der Waals surface area (Å²) >= 11 is 0. The summed E-state index contributed by atoms with van der Waals surface area (Å²) in [6.07, 6.45) is 5.40. The molecule has 0 bridgehead atoms. The number of H-pyrrole nitrogens is 2. The Kier molecular flexibility index (Phi) is 3.87. The Labute approximate surface area is 160 Å². The number of anilines is 1. The molecule has 1 aromatic carbocycles. The van der Waals surface area contributed by atoms with Gasteiger partial charge in [-0.1, -0.05) is 24.3 Å². The van der Waals surface area contributed by atoms with Crippen LogP contribution >= 0.6 is 0 Å². The molecule has 28 heavy (non-hydrogen) atoms. The highest BCUT2D eigenvalue weighted by atomic mass is 16.1. The maximum absolute atomic E-state index is 12.8. The van der Waals surface area contributed by atoms with Crippen LogP contribution in [-0.2, 0) is 6.54 Å².